The predicted molar refractivity (Wildman–Crippen MR) is 96.8 cm³/mol. The van der Waals surface area contributed by atoms with E-state index >= 15 is 0 Å². The number of benzene rings is 2. The second kappa shape index (κ2) is 7.18. The summed E-state index contributed by atoms with van der Waals surface area (Å²) in [7, 11) is 1.73. The number of nitriles is 1. The van der Waals surface area contributed by atoms with E-state index in [1.807, 2.05) is 36.4 Å². The summed E-state index contributed by atoms with van der Waals surface area (Å²) in [6, 6.07) is 17.1. The average Bonchev–Trinajstić information content (AvgIpc) is 2.54. The van der Waals surface area contributed by atoms with Gasteiger partial charge in [0.1, 0.15) is 0 Å². The van der Waals surface area contributed by atoms with Crippen LogP contribution in [0.5, 0.6) is 0 Å². The summed E-state index contributed by atoms with van der Waals surface area (Å²) in [6.45, 7) is 6.92. The van der Waals surface area contributed by atoms with E-state index in [-0.39, 0.29) is 11.4 Å². The molecule has 0 heterocycles. The lowest BCUT2D eigenvalue weighted by molar-refractivity contribution is 0.220. The van der Waals surface area contributed by atoms with Gasteiger partial charge in [0, 0.05) is 19.3 Å². The van der Waals surface area contributed by atoms with Crippen molar-refractivity contribution in [3.05, 3.63) is 65.2 Å². The zero-order chi connectivity index (χ0) is 17.7. The molecule has 4 nitrogen and oxygen atoms in total. The zero-order valence-electron chi connectivity index (χ0n) is 14.6. The fraction of sp³-hybridized carbons (Fsp3) is 0.300. The van der Waals surface area contributed by atoms with Gasteiger partial charge < -0.3 is 10.2 Å². The normalized spacial score (nSPS) is 10.8. The molecule has 2 rings (SSSR count). The number of carbonyl (C=O) groups excluding carboxylic acids is 1. The highest BCUT2D eigenvalue weighted by atomic mass is 16.2. The number of anilines is 1. The maximum Gasteiger partial charge on any atom is 0.321 e. The van der Waals surface area contributed by atoms with Crippen molar-refractivity contribution in [3.63, 3.8) is 0 Å². The van der Waals surface area contributed by atoms with E-state index in [4.69, 9.17) is 5.26 Å². The highest BCUT2D eigenvalue weighted by Crippen LogP contribution is 2.23. The van der Waals surface area contributed by atoms with Crippen LogP contribution in [0.3, 0.4) is 0 Å². The molecule has 0 radical (unpaired) electrons. The van der Waals surface area contributed by atoms with Crippen LogP contribution in [0.1, 0.15) is 37.5 Å². The second-order valence-corrected chi connectivity index (χ2v) is 6.93. The Labute approximate surface area is 143 Å². The van der Waals surface area contributed by atoms with Gasteiger partial charge in [-0.05, 0) is 40.8 Å². The van der Waals surface area contributed by atoms with Crippen LogP contribution in [-0.4, -0.2) is 18.0 Å². The third-order valence-corrected chi connectivity index (χ3v) is 3.82. The molecule has 2 amide bonds. The molecule has 0 aliphatic carbocycles. The van der Waals surface area contributed by atoms with Crippen molar-refractivity contribution in [3.8, 4) is 6.07 Å². The number of rotatable bonds is 3. The van der Waals surface area contributed by atoms with Gasteiger partial charge in [0.05, 0.1) is 11.6 Å². The van der Waals surface area contributed by atoms with Crippen LogP contribution >= 0.6 is 0 Å². The molecular weight excluding hydrogens is 298 g/mol. The number of hydrogen-bond donors (Lipinski definition) is 1. The van der Waals surface area contributed by atoms with Crippen molar-refractivity contribution in [1.29, 1.82) is 5.26 Å². The highest BCUT2D eigenvalue weighted by molar-refractivity contribution is 5.89. The summed E-state index contributed by atoms with van der Waals surface area (Å²) in [5.74, 6) is 0. The van der Waals surface area contributed by atoms with Crippen LogP contribution in [0.15, 0.2) is 48.5 Å². The van der Waals surface area contributed by atoms with Gasteiger partial charge >= 0.3 is 6.03 Å². The third kappa shape index (κ3) is 4.60. The molecule has 0 saturated heterocycles. The molecule has 0 fully saturated rings. The summed E-state index contributed by atoms with van der Waals surface area (Å²) in [5, 5.41) is 11.8. The van der Waals surface area contributed by atoms with Gasteiger partial charge in [-0.2, -0.15) is 5.26 Å². The van der Waals surface area contributed by atoms with Crippen LogP contribution in [0.25, 0.3) is 0 Å². The van der Waals surface area contributed by atoms with Crippen LogP contribution in [0, 0.1) is 11.3 Å². The molecule has 0 aromatic heterocycles. The topological polar surface area (TPSA) is 56.1 Å². The van der Waals surface area contributed by atoms with Crippen molar-refractivity contribution in [2.75, 3.05) is 12.4 Å². The minimum atomic E-state index is -0.180. The van der Waals surface area contributed by atoms with Crippen LogP contribution in [0.4, 0.5) is 10.5 Å². The molecule has 124 valence electrons. The molecule has 0 bridgehead atoms. The molecule has 0 saturated carbocycles. The fourth-order valence-corrected chi connectivity index (χ4v) is 2.36. The molecule has 2 aromatic rings. The van der Waals surface area contributed by atoms with Crippen molar-refractivity contribution < 1.29 is 4.79 Å². The van der Waals surface area contributed by atoms with Gasteiger partial charge in [0.2, 0.25) is 0 Å². The van der Waals surface area contributed by atoms with E-state index in [1.165, 1.54) is 5.56 Å². The van der Waals surface area contributed by atoms with Gasteiger partial charge in [-0.3, -0.25) is 0 Å². The van der Waals surface area contributed by atoms with E-state index in [0.717, 1.165) is 11.3 Å². The summed E-state index contributed by atoms with van der Waals surface area (Å²) in [5.41, 5.74) is 3.60. The fourth-order valence-electron chi connectivity index (χ4n) is 2.36. The maximum atomic E-state index is 12.3. The third-order valence-electron chi connectivity index (χ3n) is 3.82. The van der Waals surface area contributed by atoms with E-state index in [1.54, 1.807) is 24.1 Å². The molecule has 4 heteroatoms. The Bertz CT molecular complexity index is 752. The number of amides is 2. The van der Waals surface area contributed by atoms with Crippen LogP contribution in [0.2, 0.25) is 0 Å². The van der Waals surface area contributed by atoms with Gasteiger partial charge in [0.25, 0.3) is 0 Å². The molecule has 1 N–H and O–H groups in total. The zero-order valence-corrected chi connectivity index (χ0v) is 14.6. The standard InChI is InChI=1S/C20H23N3O/c1-20(2,3)17-8-10-18(11-9-17)22-19(24)23(4)14-16-7-5-6-15(12-16)13-21/h5-12H,14H2,1-4H3,(H,22,24). The SMILES string of the molecule is CN(Cc1cccc(C#N)c1)C(=O)Nc1ccc(C(C)(C)C)cc1. The van der Waals surface area contributed by atoms with Gasteiger partial charge in [0.15, 0.2) is 0 Å². The largest absolute Gasteiger partial charge is 0.323 e. The van der Waals surface area contributed by atoms with Gasteiger partial charge in [-0.25, -0.2) is 4.79 Å². The Balaban J connectivity index is 2.00. The summed E-state index contributed by atoms with van der Waals surface area (Å²) in [6.07, 6.45) is 0. The minimum Gasteiger partial charge on any atom is -0.323 e. The molecule has 0 atom stereocenters. The monoisotopic (exact) mass is 321 g/mol. The molecule has 0 spiro atoms. The van der Waals surface area contributed by atoms with Crippen molar-refractivity contribution in [1.82, 2.24) is 4.90 Å². The molecule has 0 unspecified atom stereocenters. The number of nitrogens with one attached hydrogen (secondary N) is 1. The Morgan fingerprint density at radius 2 is 1.83 bits per heavy atom. The lowest BCUT2D eigenvalue weighted by Gasteiger charge is -2.20. The smallest absolute Gasteiger partial charge is 0.321 e. The Hall–Kier alpha value is -2.80. The maximum absolute atomic E-state index is 12.3. The van der Waals surface area contributed by atoms with E-state index < -0.39 is 0 Å². The Morgan fingerprint density at radius 1 is 1.17 bits per heavy atom. The average molecular weight is 321 g/mol. The Kier molecular flexibility index (Phi) is 5.25. The van der Waals surface area contributed by atoms with E-state index in [0.29, 0.717) is 12.1 Å². The highest BCUT2D eigenvalue weighted by Gasteiger charge is 2.14. The lowest BCUT2D eigenvalue weighted by Crippen LogP contribution is -2.30. The lowest BCUT2D eigenvalue weighted by atomic mass is 9.87. The number of hydrogen-bond acceptors (Lipinski definition) is 2. The summed E-state index contributed by atoms with van der Waals surface area (Å²) >= 11 is 0. The molecular formula is C20H23N3O. The van der Waals surface area contributed by atoms with E-state index in [2.05, 4.69) is 32.2 Å². The second-order valence-electron chi connectivity index (χ2n) is 6.93. The molecule has 24 heavy (non-hydrogen) atoms. The minimum absolute atomic E-state index is 0.0884. The molecule has 0 aliphatic rings. The summed E-state index contributed by atoms with van der Waals surface area (Å²) < 4.78 is 0. The first-order chi connectivity index (χ1) is 11.3. The first-order valence-corrected chi connectivity index (χ1v) is 7.91. The predicted octanol–water partition coefficient (Wildman–Crippen LogP) is 4.52. The van der Waals surface area contributed by atoms with Crippen molar-refractivity contribution in [2.24, 2.45) is 0 Å². The van der Waals surface area contributed by atoms with Crippen LogP contribution in [-0.2, 0) is 12.0 Å². The van der Waals surface area contributed by atoms with Gasteiger partial charge in [-0.15, -0.1) is 0 Å². The quantitative estimate of drug-likeness (QED) is 0.903. The number of carbonyl (C=O) groups is 1. The summed E-state index contributed by atoms with van der Waals surface area (Å²) in [4.78, 5) is 13.9. The van der Waals surface area contributed by atoms with Crippen molar-refractivity contribution in [2.45, 2.75) is 32.7 Å². The Morgan fingerprint density at radius 3 is 2.42 bits per heavy atom. The number of urea groups is 1. The van der Waals surface area contributed by atoms with Crippen molar-refractivity contribution >= 4 is 11.7 Å². The molecule has 0 aliphatic heterocycles. The van der Waals surface area contributed by atoms with Gasteiger partial charge in [-0.1, -0.05) is 45.0 Å². The van der Waals surface area contributed by atoms with E-state index in [9.17, 15) is 4.79 Å². The van der Waals surface area contributed by atoms with Crippen LogP contribution < -0.4 is 5.32 Å². The first-order valence-electron chi connectivity index (χ1n) is 7.91. The first kappa shape index (κ1) is 17.6. The number of nitrogens with zero attached hydrogens (tertiary/aromatic N) is 2. The molecule has 2 aromatic carbocycles.